The zero-order chi connectivity index (χ0) is 18.7. The summed E-state index contributed by atoms with van der Waals surface area (Å²) in [4.78, 5) is 13.0. The van der Waals surface area contributed by atoms with E-state index in [1.807, 2.05) is 17.5 Å². The molecule has 10 heteroatoms. The minimum atomic E-state index is -4.47. The predicted molar refractivity (Wildman–Crippen MR) is 93.0 cm³/mol. The van der Waals surface area contributed by atoms with Gasteiger partial charge >= 0.3 is 6.18 Å². The molecule has 3 rings (SSSR count). The maximum absolute atomic E-state index is 12.7. The molecule has 0 unspecified atom stereocenters. The Hall–Kier alpha value is -2.33. The van der Waals surface area contributed by atoms with Gasteiger partial charge in [-0.05, 0) is 36.6 Å². The van der Waals surface area contributed by atoms with E-state index in [1.54, 1.807) is 6.92 Å². The van der Waals surface area contributed by atoms with Gasteiger partial charge in [-0.1, -0.05) is 23.9 Å². The van der Waals surface area contributed by atoms with Gasteiger partial charge in [-0.25, -0.2) is 0 Å². The molecule has 5 nitrogen and oxygen atoms in total. The van der Waals surface area contributed by atoms with Crippen molar-refractivity contribution in [3.8, 4) is 10.8 Å². The first-order valence-electron chi connectivity index (χ1n) is 7.35. The SMILES string of the molecule is C[C@@H](Sc1nnc(-c2cccs2)o1)C(=O)Nc1cccc(C(F)(F)F)c1. The number of thiophene rings is 1. The molecule has 1 atom stereocenters. The molecule has 1 aromatic carbocycles. The van der Waals surface area contributed by atoms with Crippen LogP contribution in [-0.4, -0.2) is 21.4 Å². The minimum Gasteiger partial charge on any atom is -0.410 e. The average Bonchev–Trinajstić information content (AvgIpc) is 3.25. The summed E-state index contributed by atoms with van der Waals surface area (Å²) in [5.41, 5.74) is -0.754. The lowest BCUT2D eigenvalue weighted by Crippen LogP contribution is -2.22. The second-order valence-electron chi connectivity index (χ2n) is 5.18. The molecule has 0 bridgehead atoms. The highest BCUT2D eigenvalue weighted by Crippen LogP contribution is 2.31. The minimum absolute atomic E-state index is 0.0714. The molecule has 26 heavy (non-hydrogen) atoms. The van der Waals surface area contributed by atoms with Crippen LogP contribution in [0.25, 0.3) is 10.8 Å². The molecule has 0 spiro atoms. The molecular weight excluding hydrogens is 387 g/mol. The fourth-order valence-electron chi connectivity index (χ4n) is 1.98. The zero-order valence-corrected chi connectivity index (χ0v) is 14.9. The van der Waals surface area contributed by atoms with Gasteiger partial charge in [0.05, 0.1) is 15.7 Å². The number of aromatic nitrogens is 2. The quantitative estimate of drug-likeness (QED) is 0.616. The number of alkyl halides is 3. The highest BCUT2D eigenvalue weighted by Gasteiger charge is 2.30. The van der Waals surface area contributed by atoms with E-state index >= 15 is 0 Å². The number of thioether (sulfide) groups is 1. The molecule has 2 heterocycles. The van der Waals surface area contributed by atoms with Crippen LogP contribution in [0.3, 0.4) is 0 Å². The normalized spacial score (nSPS) is 12.8. The van der Waals surface area contributed by atoms with Gasteiger partial charge in [-0.15, -0.1) is 21.5 Å². The number of benzene rings is 1. The fraction of sp³-hybridized carbons (Fsp3) is 0.188. The standard InChI is InChI=1S/C16H12F3N3O2S2/c1-9(26-15-22-21-14(24-15)12-6-3-7-25-12)13(23)20-11-5-2-4-10(8-11)16(17,18)19/h2-9H,1H3,(H,20,23)/t9-/m1/s1. The van der Waals surface area contributed by atoms with E-state index in [2.05, 4.69) is 15.5 Å². The van der Waals surface area contributed by atoms with E-state index in [9.17, 15) is 18.0 Å². The molecule has 0 fully saturated rings. The van der Waals surface area contributed by atoms with Crippen LogP contribution >= 0.6 is 23.1 Å². The Morgan fingerprint density at radius 1 is 1.27 bits per heavy atom. The van der Waals surface area contributed by atoms with Crippen LogP contribution in [0.2, 0.25) is 0 Å². The molecule has 3 aromatic rings. The van der Waals surface area contributed by atoms with Crippen molar-refractivity contribution in [2.45, 2.75) is 23.6 Å². The summed E-state index contributed by atoms with van der Waals surface area (Å²) in [6, 6.07) is 8.14. The summed E-state index contributed by atoms with van der Waals surface area (Å²) < 4.78 is 43.7. The van der Waals surface area contributed by atoms with Crippen LogP contribution < -0.4 is 5.32 Å². The van der Waals surface area contributed by atoms with Gasteiger partial charge in [0, 0.05) is 5.69 Å². The van der Waals surface area contributed by atoms with Gasteiger partial charge in [-0.3, -0.25) is 4.79 Å². The topological polar surface area (TPSA) is 68.0 Å². The van der Waals surface area contributed by atoms with Crippen LogP contribution in [0, 0.1) is 0 Å². The molecule has 0 radical (unpaired) electrons. The summed E-state index contributed by atoms with van der Waals surface area (Å²) in [5.74, 6) is -0.113. The summed E-state index contributed by atoms with van der Waals surface area (Å²) >= 11 is 2.47. The van der Waals surface area contributed by atoms with Crippen LogP contribution in [0.5, 0.6) is 0 Å². The predicted octanol–water partition coefficient (Wildman–Crippen LogP) is 4.94. The van der Waals surface area contributed by atoms with Crippen molar-refractivity contribution in [2.24, 2.45) is 0 Å². The zero-order valence-electron chi connectivity index (χ0n) is 13.3. The van der Waals surface area contributed by atoms with E-state index in [0.29, 0.717) is 5.89 Å². The third-order valence-corrected chi connectivity index (χ3v) is 5.03. The fourth-order valence-corrected chi connectivity index (χ4v) is 3.31. The molecular formula is C16H12F3N3O2S2. The Morgan fingerprint density at radius 3 is 2.77 bits per heavy atom. The number of carbonyl (C=O) groups is 1. The van der Waals surface area contributed by atoms with E-state index in [1.165, 1.54) is 23.5 Å². The van der Waals surface area contributed by atoms with E-state index < -0.39 is 22.9 Å². The maximum atomic E-state index is 12.7. The molecule has 0 aliphatic rings. The number of hydrogen-bond donors (Lipinski definition) is 1. The number of carbonyl (C=O) groups excluding carboxylic acids is 1. The Balaban J connectivity index is 1.63. The number of amides is 1. The highest BCUT2D eigenvalue weighted by atomic mass is 32.2. The lowest BCUT2D eigenvalue weighted by atomic mass is 10.2. The van der Waals surface area contributed by atoms with Crippen LogP contribution in [0.4, 0.5) is 18.9 Å². The molecule has 0 aliphatic heterocycles. The molecule has 1 amide bonds. The molecule has 1 N–H and O–H groups in total. The first-order chi connectivity index (χ1) is 12.3. The van der Waals surface area contributed by atoms with Crippen molar-refractivity contribution < 1.29 is 22.4 Å². The van der Waals surface area contributed by atoms with Crippen molar-refractivity contribution in [1.82, 2.24) is 10.2 Å². The molecule has 0 saturated heterocycles. The number of halogens is 3. The second kappa shape index (κ2) is 7.50. The smallest absolute Gasteiger partial charge is 0.410 e. The largest absolute Gasteiger partial charge is 0.416 e. The number of nitrogens with zero attached hydrogens (tertiary/aromatic N) is 2. The lowest BCUT2D eigenvalue weighted by Gasteiger charge is -2.12. The van der Waals surface area contributed by atoms with Crippen molar-refractivity contribution in [2.75, 3.05) is 5.32 Å². The van der Waals surface area contributed by atoms with Crippen LogP contribution in [0.1, 0.15) is 12.5 Å². The third kappa shape index (κ3) is 4.44. The van der Waals surface area contributed by atoms with Gasteiger partial charge in [-0.2, -0.15) is 13.2 Å². The maximum Gasteiger partial charge on any atom is 0.416 e. The van der Waals surface area contributed by atoms with Gasteiger partial charge < -0.3 is 9.73 Å². The van der Waals surface area contributed by atoms with E-state index in [4.69, 9.17) is 4.42 Å². The monoisotopic (exact) mass is 399 g/mol. The van der Waals surface area contributed by atoms with E-state index in [0.717, 1.165) is 28.8 Å². The van der Waals surface area contributed by atoms with Gasteiger partial charge in [0.2, 0.25) is 5.91 Å². The van der Waals surface area contributed by atoms with Crippen LogP contribution in [-0.2, 0) is 11.0 Å². The third-order valence-electron chi connectivity index (χ3n) is 3.24. The molecule has 0 aliphatic carbocycles. The number of nitrogens with one attached hydrogen (secondary N) is 1. The van der Waals surface area contributed by atoms with Crippen molar-refractivity contribution in [3.05, 3.63) is 47.3 Å². The first kappa shape index (κ1) is 18.5. The molecule has 2 aromatic heterocycles. The summed E-state index contributed by atoms with van der Waals surface area (Å²) in [6.45, 7) is 1.60. The molecule has 0 saturated carbocycles. The van der Waals surface area contributed by atoms with Gasteiger partial charge in [0.1, 0.15) is 0 Å². The van der Waals surface area contributed by atoms with Gasteiger partial charge in [0.25, 0.3) is 11.1 Å². The number of anilines is 1. The summed E-state index contributed by atoms with van der Waals surface area (Å²) in [7, 11) is 0. The Bertz CT molecular complexity index is 894. The van der Waals surface area contributed by atoms with Gasteiger partial charge in [0.15, 0.2) is 0 Å². The lowest BCUT2D eigenvalue weighted by molar-refractivity contribution is -0.137. The highest BCUT2D eigenvalue weighted by molar-refractivity contribution is 8.00. The number of rotatable bonds is 5. The Morgan fingerprint density at radius 2 is 2.08 bits per heavy atom. The van der Waals surface area contributed by atoms with Crippen molar-refractivity contribution >= 4 is 34.7 Å². The second-order valence-corrected chi connectivity index (χ2v) is 7.42. The van der Waals surface area contributed by atoms with Crippen LogP contribution in [0.15, 0.2) is 51.4 Å². The summed E-state index contributed by atoms with van der Waals surface area (Å²) in [6.07, 6.45) is -4.47. The first-order valence-corrected chi connectivity index (χ1v) is 9.11. The van der Waals surface area contributed by atoms with Crippen molar-refractivity contribution in [3.63, 3.8) is 0 Å². The Labute approximate surface area is 154 Å². The number of hydrogen-bond acceptors (Lipinski definition) is 6. The summed E-state index contributed by atoms with van der Waals surface area (Å²) in [5, 5.41) is 11.7. The Kier molecular flexibility index (Phi) is 5.33. The van der Waals surface area contributed by atoms with E-state index in [-0.39, 0.29) is 10.9 Å². The van der Waals surface area contributed by atoms with Crippen molar-refractivity contribution in [1.29, 1.82) is 0 Å². The molecule has 136 valence electrons. The average molecular weight is 399 g/mol.